The van der Waals surface area contributed by atoms with Crippen LogP contribution < -0.4 is 4.90 Å². The molecule has 35 heavy (non-hydrogen) atoms. The number of likely N-dealkylation sites (tertiary alicyclic amines) is 1. The lowest BCUT2D eigenvalue weighted by atomic mass is 10.1. The van der Waals surface area contributed by atoms with Gasteiger partial charge >= 0.3 is 0 Å². The predicted molar refractivity (Wildman–Crippen MR) is 129 cm³/mol. The van der Waals surface area contributed by atoms with Crippen LogP contribution in [0.2, 0.25) is 0 Å². The summed E-state index contributed by atoms with van der Waals surface area (Å²) in [5.74, 6) is -1.37. The van der Waals surface area contributed by atoms with Crippen molar-refractivity contribution >= 4 is 11.6 Å². The number of benzene rings is 2. The van der Waals surface area contributed by atoms with E-state index in [4.69, 9.17) is 5.26 Å². The SMILES string of the molecule is N#Cc1ccc(-c2cc(C(=O)N3CCCCC3)nn2-c2ccc(N3CCCCC3)cc2F)cc1F. The van der Waals surface area contributed by atoms with E-state index in [2.05, 4.69) is 10.00 Å². The number of nitriles is 1. The monoisotopic (exact) mass is 475 g/mol. The Balaban J connectivity index is 1.57. The van der Waals surface area contributed by atoms with Crippen molar-refractivity contribution in [1.82, 2.24) is 14.7 Å². The number of rotatable bonds is 4. The molecule has 0 aliphatic carbocycles. The number of anilines is 1. The van der Waals surface area contributed by atoms with Crippen molar-refractivity contribution in [2.24, 2.45) is 0 Å². The maximum absolute atomic E-state index is 15.4. The minimum atomic E-state index is -0.678. The standard InChI is InChI=1S/C27H27F2N5O/c28-22-15-19(7-8-20(22)18-30)26-17-24(27(35)33-13-5-2-6-14-33)31-34(26)25-10-9-21(16-23(25)29)32-11-3-1-4-12-32/h7-10,15-17H,1-6,11-14H2. The van der Waals surface area contributed by atoms with E-state index in [1.54, 1.807) is 23.1 Å². The molecule has 0 atom stereocenters. The quantitative estimate of drug-likeness (QED) is 0.513. The molecule has 2 aliphatic rings. The summed E-state index contributed by atoms with van der Waals surface area (Å²) in [4.78, 5) is 17.1. The molecule has 2 aromatic carbocycles. The molecule has 0 bridgehead atoms. The topological polar surface area (TPSA) is 65.2 Å². The Bertz CT molecular complexity index is 1280. The molecule has 2 fully saturated rings. The Morgan fingerprint density at radius 1 is 0.857 bits per heavy atom. The van der Waals surface area contributed by atoms with Gasteiger partial charge in [-0.1, -0.05) is 6.07 Å². The Kier molecular flexibility index (Phi) is 6.49. The number of aromatic nitrogens is 2. The Morgan fingerprint density at radius 2 is 1.57 bits per heavy atom. The van der Waals surface area contributed by atoms with Crippen molar-refractivity contribution < 1.29 is 13.6 Å². The maximum atomic E-state index is 15.4. The fourth-order valence-corrected chi connectivity index (χ4v) is 4.92. The molecule has 3 aromatic rings. The van der Waals surface area contributed by atoms with Crippen LogP contribution in [0.5, 0.6) is 0 Å². The lowest BCUT2D eigenvalue weighted by Crippen LogP contribution is -2.35. The van der Waals surface area contributed by atoms with Crippen LogP contribution in [0, 0.1) is 23.0 Å². The van der Waals surface area contributed by atoms with Gasteiger partial charge in [0, 0.05) is 37.4 Å². The number of carbonyl (C=O) groups is 1. The normalized spacial score (nSPS) is 16.3. The van der Waals surface area contributed by atoms with Crippen molar-refractivity contribution in [2.45, 2.75) is 38.5 Å². The van der Waals surface area contributed by atoms with E-state index in [0.29, 0.717) is 24.3 Å². The summed E-state index contributed by atoms with van der Waals surface area (Å²) in [6, 6.07) is 12.6. The largest absolute Gasteiger partial charge is 0.371 e. The zero-order chi connectivity index (χ0) is 24.4. The second kappa shape index (κ2) is 9.87. The van der Waals surface area contributed by atoms with Gasteiger partial charge in [0.05, 0.1) is 11.3 Å². The number of hydrogen-bond acceptors (Lipinski definition) is 4. The molecule has 0 saturated carbocycles. The molecular formula is C27H27F2N5O. The van der Waals surface area contributed by atoms with E-state index < -0.39 is 11.6 Å². The van der Waals surface area contributed by atoms with Gasteiger partial charge < -0.3 is 9.80 Å². The minimum Gasteiger partial charge on any atom is -0.371 e. The smallest absolute Gasteiger partial charge is 0.274 e. The van der Waals surface area contributed by atoms with Gasteiger partial charge in [-0.2, -0.15) is 10.4 Å². The first-order chi connectivity index (χ1) is 17.0. The summed E-state index contributed by atoms with van der Waals surface area (Å²) < 4.78 is 31.3. The Morgan fingerprint density at radius 3 is 2.23 bits per heavy atom. The zero-order valence-electron chi connectivity index (χ0n) is 19.5. The Hall–Kier alpha value is -3.73. The van der Waals surface area contributed by atoms with Crippen molar-refractivity contribution in [3.05, 3.63) is 65.4 Å². The molecule has 0 spiro atoms. The van der Waals surface area contributed by atoms with Crippen LogP contribution in [-0.2, 0) is 0 Å². The van der Waals surface area contributed by atoms with E-state index >= 15 is 4.39 Å². The van der Waals surface area contributed by atoms with E-state index in [-0.39, 0.29) is 22.9 Å². The highest BCUT2D eigenvalue weighted by Gasteiger charge is 2.25. The third kappa shape index (κ3) is 4.63. The van der Waals surface area contributed by atoms with E-state index in [1.807, 2.05) is 12.1 Å². The van der Waals surface area contributed by atoms with Crippen LogP contribution in [0.1, 0.15) is 54.6 Å². The molecule has 8 heteroatoms. The van der Waals surface area contributed by atoms with Crippen molar-refractivity contribution in [3.63, 3.8) is 0 Å². The maximum Gasteiger partial charge on any atom is 0.274 e. The molecule has 6 nitrogen and oxygen atoms in total. The first-order valence-corrected chi connectivity index (χ1v) is 12.2. The average Bonchev–Trinajstić information content (AvgIpc) is 3.34. The van der Waals surface area contributed by atoms with Crippen LogP contribution in [0.3, 0.4) is 0 Å². The minimum absolute atomic E-state index is 0.0819. The van der Waals surface area contributed by atoms with E-state index in [9.17, 15) is 9.18 Å². The van der Waals surface area contributed by atoms with Crippen LogP contribution in [0.25, 0.3) is 16.9 Å². The lowest BCUT2D eigenvalue weighted by molar-refractivity contribution is 0.0718. The van der Waals surface area contributed by atoms with Crippen LogP contribution in [0.4, 0.5) is 14.5 Å². The molecule has 3 heterocycles. The highest BCUT2D eigenvalue weighted by atomic mass is 19.1. The van der Waals surface area contributed by atoms with Crippen LogP contribution >= 0.6 is 0 Å². The van der Waals surface area contributed by atoms with Crippen molar-refractivity contribution in [2.75, 3.05) is 31.1 Å². The molecule has 2 aliphatic heterocycles. The van der Waals surface area contributed by atoms with Gasteiger partial charge in [-0.3, -0.25) is 4.79 Å². The number of amides is 1. The number of hydrogen-bond donors (Lipinski definition) is 0. The van der Waals surface area contributed by atoms with E-state index in [1.165, 1.54) is 29.3 Å². The average molecular weight is 476 g/mol. The second-order valence-corrected chi connectivity index (χ2v) is 9.17. The highest BCUT2D eigenvalue weighted by Crippen LogP contribution is 2.30. The van der Waals surface area contributed by atoms with Gasteiger partial charge in [-0.15, -0.1) is 0 Å². The fraction of sp³-hybridized carbons (Fsp3) is 0.370. The zero-order valence-corrected chi connectivity index (χ0v) is 19.5. The summed E-state index contributed by atoms with van der Waals surface area (Å²) in [6.45, 7) is 3.10. The van der Waals surface area contributed by atoms with Gasteiger partial charge in [0.1, 0.15) is 17.6 Å². The summed E-state index contributed by atoms with van der Waals surface area (Å²) in [5, 5.41) is 13.6. The molecule has 0 radical (unpaired) electrons. The number of carbonyl (C=O) groups excluding carboxylic acids is 1. The molecular weight excluding hydrogens is 448 g/mol. The Labute approximate surface area is 203 Å². The highest BCUT2D eigenvalue weighted by molar-refractivity contribution is 5.93. The van der Waals surface area contributed by atoms with Gasteiger partial charge in [-0.05, 0) is 74.9 Å². The third-order valence-corrected chi connectivity index (χ3v) is 6.84. The van der Waals surface area contributed by atoms with Crippen LogP contribution in [-0.4, -0.2) is 46.8 Å². The van der Waals surface area contributed by atoms with Crippen LogP contribution in [0.15, 0.2) is 42.5 Å². The molecule has 5 rings (SSSR count). The number of halogens is 2. The third-order valence-electron chi connectivity index (χ3n) is 6.84. The summed E-state index contributed by atoms with van der Waals surface area (Å²) in [7, 11) is 0. The van der Waals surface area contributed by atoms with Gasteiger partial charge in [0.2, 0.25) is 0 Å². The summed E-state index contributed by atoms with van der Waals surface area (Å²) in [5.41, 5.74) is 1.90. The molecule has 1 amide bonds. The summed E-state index contributed by atoms with van der Waals surface area (Å²) >= 11 is 0. The van der Waals surface area contributed by atoms with Crippen molar-refractivity contribution in [1.29, 1.82) is 5.26 Å². The summed E-state index contributed by atoms with van der Waals surface area (Å²) in [6.07, 6.45) is 6.31. The van der Waals surface area contributed by atoms with Gasteiger partial charge in [-0.25, -0.2) is 13.5 Å². The number of nitrogens with zero attached hydrogens (tertiary/aromatic N) is 5. The van der Waals surface area contributed by atoms with Gasteiger partial charge in [0.15, 0.2) is 11.5 Å². The molecule has 180 valence electrons. The molecule has 2 saturated heterocycles. The predicted octanol–water partition coefficient (Wildman–Crippen LogP) is 5.31. The lowest BCUT2D eigenvalue weighted by Gasteiger charge is -2.29. The fourth-order valence-electron chi connectivity index (χ4n) is 4.92. The molecule has 0 N–H and O–H groups in total. The second-order valence-electron chi connectivity index (χ2n) is 9.17. The molecule has 1 aromatic heterocycles. The van der Waals surface area contributed by atoms with E-state index in [0.717, 1.165) is 50.9 Å². The first kappa shape index (κ1) is 23.0. The number of piperidine rings is 2. The first-order valence-electron chi connectivity index (χ1n) is 12.2. The van der Waals surface area contributed by atoms with Crippen molar-refractivity contribution in [3.8, 4) is 23.0 Å². The van der Waals surface area contributed by atoms with Gasteiger partial charge in [0.25, 0.3) is 5.91 Å². The molecule has 0 unspecified atom stereocenters.